The van der Waals surface area contributed by atoms with E-state index in [0.29, 0.717) is 6.54 Å². The van der Waals surface area contributed by atoms with Crippen LogP contribution in [0.5, 0.6) is 0 Å². The molecular weight excluding hydrogens is 348 g/mol. The Morgan fingerprint density at radius 3 is 2.65 bits per heavy atom. The lowest BCUT2D eigenvalue weighted by Crippen LogP contribution is -2.19. The molecule has 2 rings (SSSR count). The van der Waals surface area contributed by atoms with Crippen LogP contribution in [0.3, 0.4) is 0 Å². The van der Waals surface area contributed by atoms with Gasteiger partial charge in [-0.25, -0.2) is 4.98 Å². The van der Waals surface area contributed by atoms with Gasteiger partial charge < -0.3 is 4.90 Å². The van der Waals surface area contributed by atoms with Crippen molar-refractivity contribution in [2.45, 2.75) is 6.54 Å². The number of nitro groups is 1. The molecule has 0 bridgehead atoms. The molecule has 2 aromatic rings. The Hall–Kier alpha value is -1.73. The molecule has 8 heteroatoms. The zero-order chi connectivity index (χ0) is 14.7. The third-order valence-electron chi connectivity index (χ3n) is 2.61. The van der Waals surface area contributed by atoms with Crippen molar-refractivity contribution in [1.29, 1.82) is 0 Å². The molecule has 0 spiro atoms. The summed E-state index contributed by atoms with van der Waals surface area (Å²) in [6, 6.07) is 7.67. The van der Waals surface area contributed by atoms with Gasteiger partial charge in [-0.2, -0.15) is 4.98 Å². The molecule has 1 aromatic heterocycles. The zero-order valence-electron chi connectivity index (χ0n) is 10.5. The summed E-state index contributed by atoms with van der Waals surface area (Å²) in [5, 5.41) is 11.0. The molecule has 1 heterocycles. The topological polar surface area (TPSA) is 72.2 Å². The third kappa shape index (κ3) is 3.43. The van der Waals surface area contributed by atoms with Crippen LogP contribution in [0.15, 0.2) is 34.9 Å². The maximum absolute atomic E-state index is 11.0. The Morgan fingerprint density at radius 2 is 2.05 bits per heavy atom. The molecule has 1 aromatic carbocycles. The molecule has 0 saturated heterocycles. The van der Waals surface area contributed by atoms with E-state index in [9.17, 15) is 10.1 Å². The van der Waals surface area contributed by atoms with Crippen molar-refractivity contribution in [3.8, 4) is 0 Å². The number of benzene rings is 1. The molecule has 104 valence electrons. The minimum atomic E-state index is -0.524. The molecule has 20 heavy (non-hydrogen) atoms. The van der Waals surface area contributed by atoms with Gasteiger partial charge in [-0.1, -0.05) is 28.1 Å². The van der Waals surface area contributed by atoms with Crippen molar-refractivity contribution < 1.29 is 4.92 Å². The fourth-order valence-electron chi connectivity index (χ4n) is 1.69. The average molecular weight is 358 g/mol. The van der Waals surface area contributed by atoms with Gasteiger partial charge in [0.05, 0.1) is 4.92 Å². The number of hydrogen-bond donors (Lipinski definition) is 0. The second-order valence-electron chi connectivity index (χ2n) is 4.09. The predicted molar refractivity (Wildman–Crippen MR) is 79.9 cm³/mol. The van der Waals surface area contributed by atoms with Gasteiger partial charge in [0.1, 0.15) is 6.20 Å². The van der Waals surface area contributed by atoms with Crippen molar-refractivity contribution in [2.75, 3.05) is 11.9 Å². The maximum Gasteiger partial charge on any atom is 0.329 e. The van der Waals surface area contributed by atoms with Crippen LogP contribution in [0.25, 0.3) is 0 Å². The van der Waals surface area contributed by atoms with Crippen LogP contribution in [0.1, 0.15) is 5.56 Å². The van der Waals surface area contributed by atoms with Gasteiger partial charge in [-0.3, -0.25) is 10.1 Å². The first kappa shape index (κ1) is 14.7. The first-order valence-corrected chi connectivity index (χ1v) is 6.77. The minimum absolute atomic E-state index is 0.0201. The quantitative estimate of drug-likeness (QED) is 0.476. The van der Waals surface area contributed by atoms with Gasteiger partial charge in [-0.05, 0) is 29.3 Å². The Labute approximate surface area is 128 Å². The van der Waals surface area contributed by atoms with Crippen LogP contribution >= 0.6 is 27.5 Å². The van der Waals surface area contributed by atoms with Gasteiger partial charge >= 0.3 is 5.69 Å². The number of aromatic nitrogens is 2. The second kappa shape index (κ2) is 6.15. The van der Waals surface area contributed by atoms with E-state index < -0.39 is 4.92 Å². The Balaban J connectivity index is 2.28. The Bertz CT molecular complexity index is 636. The van der Waals surface area contributed by atoms with Crippen molar-refractivity contribution >= 4 is 39.0 Å². The highest BCUT2D eigenvalue weighted by molar-refractivity contribution is 9.10. The standard InChI is InChI=1S/C12H10BrClN4O2/c1-17(7-8-2-4-9(13)5-3-8)11-10(18(19)20)6-15-12(14)16-11/h2-6H,7H2,1H3. The van der Waals surface area contributed by atoms with Gasteiger partial charge in [0.25, 0.3) is 0 Å². The summed E-state index contributed by atoms with van der Waals surface area (Å²) in [4.78, 5) is 19.7. The highest BCUT2D eigenvalue weighted by Crippen LogP contribution is 2.26. The van der Waals surface area contributed by atoms with Crippen molar-refractivity contribution in [3.05, 3.63) is 55.9 Å². The van der Waals surface area contributed by atoms with Crippen LogP contribution in [-0.2, 0) is 6.54 Å². The van der Waals surface area contributed by atoms with E-state index in [4.69, 9.17) is 11.6 Å². The van der Waals surface area contributed by atoms with Crippen LogP contribution in [0.2, 0.25) is 5.28 Å². The Kier molecular flexibility index (Phi) is 4.51. The minimum Gasteiger partial charge on any atom is -0.349 e. The molecular formula is C12H10BrClN4O2. The molecule has 0 aliphatic rings. The molecule has 0 radical (unpaired) electrons. The van der Waals surface area contributed by atoms with Crippen LogP contribution in [0, 0.1) is 10.1 Å². The van der Waals surface area contributed by atoms with Crippen LogP contribution in [0.4, 0.5) is 11.5 Å². The van der Waals surface area contributed by atoms with Crippen molar-refractivity contribution in [2.24, 2.45) is 0 Å². The van der Waals surface area contributed by atoms with Crippen LogP contribution < -0.4 is 4.90 Å². The number of anilines is 1. The monoisotopic (exact) mass is 356 g/mol. The lowest BCUT2D eigenvalue weighted by Gasteiger charge is -2.17. The number of rotatable bonds is 4. The van der Waals surface area contributed by atoms with Crippen LogP contribution in [-0.4, -0.2) is 21.9 Å². The molecule has 0 amide bonds. The fourth-order valence-corrected chi connectivity index (χ4v) is 2.09. The highest BCUT2D eigenvalue weighted by Gasteiger charge is 2.20. The summed E-state index contributed by atoms with van der Waals surface area (Å²) in [6.07, 6.45) is 1.11. The summed E-state index contributed by atoms with van der Waals surface area (Å²) in [5.74, 6) is 0.193. The van der Waals surface area contributed by atoms with Gasteiger partial charge in [0.15, 0.2) is 0 Å². The first-order chi connectivity index (χ1) is 9.47. The summed E-state index contributed by atoms with van der Waals surface area (Å²) in [5.41, 5.74) is 0.828. The van der Waals surface area contributed by atoms with E-state index in [-0.39, 0.29) is 16.8 Å². The van der Waals surface area contributed by atoms with E-state index in [1.165, 1.54) is 0 Å². The summed E-state index contributed by atoms with van der Waals surface area (Å²) < 4.78 is 0.972. The maximum atomic E-state index is 11.0. The number of nitrogens with zero attached hydrogens (tertiary/aromatic N) is 4. The number of halogens is 2. The smallest absolute Gasteiger partial charge is 0.329 e. The molecule has 0 N–H and O–H groups in total. The molecule has 0 unspecified atom stereocenters. The fraction of sp³-hybridized carbons (Fsp3) is 0.167. The van der Waals surface area contributed by atoms with E-state index in [2.05, 4.69) is 25.9 Å². The van der Waals surface area contributed by atoms with Crippen molar-refractivity contribution in [3.63, 3.8) is 0 Å². The third-order valence-corrected chi connectivity index (χ3v) is 3.32. The lowest BCUT2D eigenvalue weighted by molar-refractivity contribution is -0.384. The molecule has 0 atom stereocenters. The first-order valence-electron chi connectivity index (χ1n) is 5.60. The Morgan fingerprint density at radius 1 is 1.40 bits per heavy atom. The molecule has 0 aliphatic heterocycles. The van der Waals surface area contributed by atoms with Gasteiger partial charge in [0.2, 0.25) is 11.1 Å². The zero-order valence-corrected chi connectivity index (χ0v) is 12.8. The second-order valence-corrected chi connectivity index (χ2v) is 5.34. The van der Waals surface area contributed by atoms with E-state index in [0.717, 1.165) is 16.2 Å². The molecule has 0 fully saturated rings. The van der Waals surface area contributed by atoms with E-state index >= 15 is 0 Å². The lowest BCUT2D eigenvalue weighted by atomic mass is 10.2. The summed E-state index contributed by atoms with van der Waals surface area (Å²) in [7, 11) is 1.72. The van der Waals surface area contributed by atoms with Crippen molar-refractivity contribution in [1.82, 2.24) is 9.97 Å². The summed E-state index contributed by atoms with van der Waals surface area (Å²) in [6.45, 7) is 0.474. The molecule has 6 nitrogen and oxygen atoms in total. The normalized spacial score (nSPS) is 10.3. The largest absolute Gasteiger partial charge is 0.349 e. The molecule has 0 saturated carbocycles. The SMILES string of the molecule is CN(Cc1ccc(Br)cc1)c1nc(Cl)ncc1[N+](=O)[O-]. The highest BCUT2D eigenvalue weighted by atomic mass is 79.9. The molecule has 0 aliphatic carbocycles. The van der Waals surface area contributed by atoms with E-state index in [1.54, 1.807) is 11.9 Å². The van der Waals surface area contributed by atoms with Gasteiger partial charge in [-0.15, -0.1) is 0 Å². The number of hydrogen-bond acceptors (Lipinski definition) is 5. The summed E-state index contributed by atoms with van der Waals surface area (Å²) >= 11 is 9.07. The average Bonchev–Trinajstić information content (AvgIpc) is 2.41. The van der Waals surface area contributed by atoms with E-state index in [1.807, 2.05) is 24.3 Å². The van der Waals surface area contributed by atoms with Gasteiger partial charge in [0, 0.05) is 18.1 Å². The predicted octanol–water partition coefficient (Wildman–Crippen LogP) is 3.44.